The molecule has 0 aromatic rings. The Morgan fingerprint density at radius 3 is 2.47 bits per heavy atom. The molecule has 1 aliphatic carbocycles. The summed E-state index contributed by atoms with van der Waals surface area (Å²) in [7, 11) is 0. The number of nitrogens with two attached hydrogens (primary N) is 1. The SMILES string of the molecule is NC(=O)[C@H](CC=O)NC(=O)CCC1CCC(O)CC1. The first kappa shape index (κ1) is 15.6. The van der Waals surface area contributed by atoms with Crippen molar-refractivity contribution in [3.05, 3.63) is 0 Å². The lowest BCUT2D eigenvalue weighted by atomic mass is 9.84. The zero-order valence-electron chi connectivity index (χ0n) is 11.0. The molecule has 1 rings (SSSR count). The lowest BCUT2D eigenvalue weighted by Gasteiger charge is -2.25. The second kappa shape index (κ2) is 7.89. The van der Waals surface area contributed by atoms with Crippen LogP contribution < -0.4 is 11.1 Å². The fraction of sp³-hybridized carbons (Fsp3) is 0.769. The molecule has 1 fully saturated rings. The van der Waals surface area contributed by atoms with Gasteiger partial charge in [-0.3, -0.25) is 9.59 Å². The van der Waals surface area contributed by atoms with Gasteiger partial charge < -0.3 is 21.0 Å². The number of rotatable bonds is 7. The molecule has 0 bridgehead atoms. The molecular weight excluding hydrogens is 248 g/mol. The number of hydrogen-bond donors (Lipinski definition) is 3. The van der Waals surface area contributed by atoms with Gasteiger partial charge in [0, 0.05) is 12.8 Å². The Labute approximate surface area is 112 Å². The highest BCUT2D eigenvalue weighted by atomic mass is 16.3. The summed E-state index contributed by atoms with van der Waals surface area (Å²) in [5.74, 6) is -0.495. The van der Waals surface area contributed by atoms with Crippen LogP contribution in [0.15, 0.2) is 0 Å². The average Bonchev–Trinajstić information content (AvgIpc) is 2.37. The van der Waals surface area contributed by atoms with E-state index in [1.807, 2.05) is 0 Å². The van der Waals surface area contributed by atoms with Gasteiger partial charge in [-0.2, -0.15) is 0 Å². The van der Waals surface area contributed by atoms with Crippen LogP contribution in [0.5, 0.6) is 0 Å². The van der Waals surface area contributed by atoms with Gasteiger partial charge in [-0.05, 0) is 38.0 Å². The van der Waals surface area contributed by atoms with E-state index in [4.69, 9.17) is 5.73 Å². The maximum Gasteiger partial charge on any atom is 0.240 e. The molecule has 108 valence electrons. The number of hydrogen-bond acceptors (Lipinski definition) is 4. The minimum atomic E-state index is -0.904. The molecule has 2 amide bonds. The summed E-state index contributed by atoms with van der Waals surface area (Å²) in [5.41, 5.74) is 5.08. The number of primary amides is 1. The van der Waals surface area contributed by atoms with E-state index >= 15 is 0 Å². The van der Waals surface area contributed by atoms with Crippen molar-refractivity contribution >= 4 is 18.1 Å². The van der Waals surface area contributed by atoms with Crippen LogP contribution in [0, 0.1) is 5.92 Å². The zero-order chi connectivity index (χ0) is 14.3. The van der Waals surface area contributed by atoms with E-state index in [0.29, 0.717) is 18.6 Å². The normalized spacial score (nSPS) is 24.5. The minimum Gasteiger partial charge on any atom is -0.393 e. The third-order valence-corrected chi connectivity index (χ3v) is 3.61. The number of aldehydes is 1. The van der Waals surface area contributed by atoms with Gasteiger partial charge in [-0.1, -0.05) is 0 Å². The van der Waals surface area contributed by atoms with Crippen LogP contribution in [0.2, 0.25) is 0 Å². The Balaban J connectivity index is 2.26. The molecule has 0 heterocycles. The molecule has 0 unspecified atom stereocenters. The summed E-state index contributed by atoms with van der Waals surface area (Å²) in [5, 5.41) is 11.9. The van der Waals surface area contributed by atoms with Gasteiger partial charge >= 0.3 is 0 Å². The monoisotopic (exact) mass is 270 g/mol. The molecule has 1 aliphatic rings. The Kier molecular flexibility index (Phi) is 6.49. The first-order chi connectivity index (χ1) is 9.02. The predicted molar refractivity (Wildman–Crippen MR) is 69.0 cm³/mol. The van der Waals surface area contributed by atoms with Gasteiger partial charge in [0.2, 0.25) is 11.8 Å². The summed E-state index contributed by atoms with van der Waals surface area (Å²) in [4.78, 5) is 33.0. The number of amides is 2. The Bertz CT molecular complexity index is 325. The Morgan fingerprint density at radius 2 is 1.95 bits per heavy atom. The van der Waals surface area contributed by atoms with Crippen LogP contribution in [0.4, 0.5) is 0 Å². The number of aliphatic hydroxyl groups is 1. The molecule has 0 aliphatic heterocycles. The van der Waals surface area contributed by atoms with E-state index in [2.05, 4.69) is 5.32 Å². The van der Waals surface area contributed by atoms with E-state index in [0.717, 1.165) is 32.1 Å². The van der Waals surface area contributed by atoms with Gasteiger partial charge in [-0.15, -0.1) is 0 Å². The number of nitrogens with one attached hydrogen (secondary N) is 1. The molecule has 19 heavy (non-hydrogen) atoms. The van der Waals surface area contributed by atoms with E-state index in [1.54, 1.807) is 0 Å². The van der Waals surface area contributed by atoms with Crippen molar-refractivity contribution < 1.29 is 19.5 Å². The average molecular weight is 270 g/mol. The van der Waals surface area contributed by atoms with E-state index < -0.39 is 11.9 Å². The lowest BCUT2D eigenvalue weighted by Crippen LogP contribution is -2.44. The molecule has 6 heteroatoms. The fourth-order valence-corrected chi connectivity index (χ4v) is 2.38. The first-order valence-corrected chi connectivity index (χ1v) is 6.73. The van der Waals surface area contributed by atoms with Crippen LogP contribution >= 0.6 is 0 Å². The van der Waals surface area contributed by atoms with Crippen molar-refractivity contribution in [2.45, 2.75) is 57.1 Å². The molecule has 0 aromatic heterocycles. The highest BCUT2D eigenvalue weighted by Gasteiger charge is 2.21. The van der Waals surface area contributed by atoms with Crippen molar-refractivity contribution in [1.29, 1.82) is 0 Å². The summed E-state index contributed by atoms with van der Waals surface area (Å²) >= 11 is 0. The van der Waals surface area contributed by atoms with Crippen LogP contribution in [-0.4, -0.2) is 35.4 Å². The predicted octanol–water partition coefficient (Wildman–Crippen LogP) is -0.123. The van der Waals surface area contributed by atoms with Crippen molar-refractivity contribution in [2.75, 3.05) is 0 Å². The molecule has 0 spiro atoms. The molecule has 0 radical (unpaired) electrons. The fourth-order valence-electron chi connectivity index (χ4n) is 2.38. The Morgan fingerprint density at radius 1 is 1.32 bits per heavy atom. The van der Waals surface area contributed by atoms with E-state index in [9.17, 15) is 19.5 Å². The van der Waals surface area contributed by atoms with Crippen LogP contribution in [-0.2, 0) is 14.4 Å². The van der Waals surface area contributed by atoms with Crippen LogP contribution in [0.3, 0.4) is 0 Å². The van der Waals surface area contributed by atoms with E-state index in [-0.39, 0.29) is 18.4 Å². The summed E-state index contributed by atoms with van der Waals surface area (Å²) in [6.07, 6.45) is 4.80. The van der Waals surface area contributed by atoms with Crippen molar-refractivity contribution in [3.63, 3.8) is 0 Å². The molecule has 1 saturated carbocycles. The molecule has 6 nitrogen and oxygen atoms in total. The lowest BCUT2D eigenvalue weighted by molar-refractivity contribution is -0.128. The number of aliphatic hydroxyl groups excluding tert-OH is 1. The standard InChI is InChI=1S/C13H22N2O4/c14-13(19)11(7-8-16)15-12(18)6-3-9-1-4-10(17)5-2-9/h8-11,17H,1-7H2,(H2,14,19)(H,15,18)/t9?,10?,11-/m0/s1. The van der Waals surface area contributed by atoms with Crippen molar-refractivity contribution in [3.8, 4) is 0 Å². The number of carbonyl (C=O) groups is 3. The highest BCUT2D eigenvalue weighted by Crippen LogP contribution is 2.27. The molecule has 0 saturated heterocycles. The summed E-state index contributed by atoms with van der Waals surface area (Å²) in [6.45, 7) is 0. The molecule has 1 atom stereocenters. The van der Waals surface area contributed by atoms with Gasteiger partial charge in [-0.25, -0.2) is 0 Å². The quantitative estimate of drug-likeness (QED) is 0.560. The second-order valence-corrected chi connectivity index (χ2v) is 5.14. The van der Waals surface area contributed by atoms with Gasteiger partial charge in [0.05, 0.1) is 6.10 Å². The third kappa shape index (κ3) is 5.83. The van der Waals surface area contributed by atoms with Crippen LogP contribution in [0.1, 0.15) is 44.9 Å². The maximum absolute atomic E-state index is 11.7. The van der Waals surface area contributed by atoms with Crippen molar-refractivity contribution in [2.24, 2.45) is 11.7 Å². The van der Waals surface area contributed by atoms with Crippen LogP contribution in [0.25, 0.3) is 0 Å². The first-order valence-electron chi connectivity index (χ1n) is 6.73. The molecule has 0 aromatic carbocycles. The molecule has 4 N–H and O–H groups in total. The maximum atomic E-state index is 11.7. The number of carbonyl (C=O) groups excluding carboxylic acids is 3. The third-order valence-electron chi connectivity index (χ3n) is 3.61. The summed E-state index contributed by atoms with van der Waals surface area (Å²) in [6, 6.07) is -0.904. The van der Waals surface area contributed by atoms with Gasteiger partial charge in [0.15, 0.2) is 0 Å². The largest absolute Gasteiger partial charge is 0.393 e. The summed E-state index contributed by atoms with van der Waals surface area (Å²) < 4.78 is 0. The minimum absolute atomic E-state index is 0.0866. The second-order valence-electron chi connectivity index (χ2n) is 5.14. The van der Waals surface area contributed by atoms with Gasteiger partial charge in [0.25, 0.3) is 0 Å². The van der Waals surface area contributed by atoms with E-state index in [1.165, 1.54) is 0 Å². The molecular formula is C13H22N2O4. The topological polar surface area (TPSA) is 109 Å². The Hall–Kier alpha value is -1.43. The highest BCUT2D eigenvalue weighted by molar-refractivity contribution is 5.88. The smallest absolute Gasteiger partial charge is 0.240 e. The van der Waals surface area contributed by atoms with Crippen molar-refractivity contribution in [1.82, 2.24) is 5.32 Å². The zero-order valence-corrected chi connectivity index (χ0v) is 11.0. The van der Waals surface area contributed by atoms with Gasteiger partial charge in [0.1, 0.15) is 12.3 Å².